The van der Waals surface area contributed by atoms with E-state index in [4.69, 9.17) is 4.99 Å². The van der Waals surface area contributed by atoms with Gasteiger partial charge < -0.3 is 15.6 Å². The van der Waals surface area contributed by atoms with Crippen molar-refractivity contribution in [1.29, 1.82) is 0 Å². The van der Waals surface area contributed by atoms with Crippen molar-refractivity contribution in [2.75, 3.05) is 6.54 Å². The number of hydrogen-bond acceptors (Lipinski definition) is 3. The van der Waals surface area contributed by atoms with E-state index in [0.29, 0.717) is 13.1 Å². The molecule has 2 aromatic carbocycles. The number of aromatic nitrogens is 4. The highest BCUT2D eigenvalue weighted by Gasteiger charge is 2.06. The molecule has 0 atom stereocenters. The minimum Gasteiger partial charge on any atom is -0.357 e. The molecule has 0 unspecified atom stereocenters. The molecular weight excluding hydrogens is 386 g/mol. The van der Waals surface area contributed by atoms with E-state index >= 15 is 0 Å². The van der Waals surface area contributed by atoms with Crippen molar-refractivity contribution in [3.05, 3.63) is 96.2 Å². The van der Waals surface area contributed by atoms with E-state index in [0.717, 1.165) is 36.1 Å². The molecule has 2 heterocycles. The van der Waals surface area contributed by atoms with Crippen LogP contribution in [0.4, 0.5) is 0 Å². The lowest BCUT2D eigenvalue weighted by molar-refractivity contribution is 0.680. The van der Waals surface area contributed by atoms with Gasteiger partial charge in [-0.1, -0.05) is 54.6 Å². The van der Waals surface area contributed by atoms with Crippen molar-refractivity contribution >= 4 is 5.96 Å². The van der Waals surface area contributed by atoms with Crippen LogP contribution in [0.5, 0.6) is 0 Å². The fourth-order valence-electron chi connectivity index (χ4n) is 3.32. The first kappa shape index (κ1) is 20.4. The lowest BCUT2D eigenvalue weighted by Crippen LogP contribution is -2.37. The van der Waals surface area contributed by atoms with Crippen LogP contribution in [-0.2, 0) is 19.6 Å². The average molecular weight is 414 g/mol. The number of nitrogens with zero attached hydrogens (tertiary/aromatic N) is 4. The lowest BCUT2D eigenvalue weighted by atomic mass is 10.1. The van der Waals surface area contributed by atoms with Gasteiger partial charge in [0.15, 0.2) is 5.96 Å². The largest absolute Gasteiger partial charge is 0.357 e. The minimum absolute atomic E-state index is 0.563. The third-order valence-corrected chi connectivity index (χ3v) is 4.90. The Hall–Kier alpha value is -3.87. The molecule has 4 rings (SSSR count). The number of H-pyrrole nitrogens is 1. The highest BCUT2D eigenvalue weighted by atomic mass is 15.3. The van der Waals surface area contributed by atoms with E-state index in [1.807, 2.05) is 47.4 Å². The Kier molecular flexibility index (Phi) is 6.74. The molecular formula is C24H27N7. The highest BCUT2D eigenvalue weighted by Crippen LogP contribution is 2.16. The standard InChI is InChI=1S/C24H27N7/c1-2-25-24(28-17-23-26-16-22(30-23)19-9-4-3-5-10-19)27-15-20-11-6-7-12-21(20)18-31-14-8-13-29-31/h3-14,16H,2,15,17-18H2,1H3,(H,26,30)(H2,25,27,28). The van der Waals surface area contributed by atoms with E-state index in [-0.39, 0.29) is 0 Å². The van der Waals surface area contributed by atoms with E-state index < -0.39 is 0 Å². The molecule has 3 N–H and O–H groups in total. The monoisotopic (exact) mass is 413 g/mol. The van der Waals surface area contributed by atoms with Crippen molar-refractivity contribution in [2.24, 2.45) is 4.99 Å². The number of rotatable bonds is 8. The summed E-state index contributed by atoms with van der Waals surface area (Å²) in [7, 11) is 0. The van der Waals surface area contributed by atoms with Crippen LogP contribution in [0.15, 0.2) is 84.2 Å². The second-order valence-electron chi connectivity index (χ2n) is 7.13. The molecule has 0 saturated carbocycles. The molecule has 0 saturated heterocycles. The van der Waals surface area contributed by atoms with Crippen LogP contribution in [0, 0.1) is 0 Å². The number of aromatic amines is 1. The van der Waals surface area contributed by atoms with Gasteiger partial charge in [0.25, 0.3) is 0 Å². The highest BCUT2D eigenvalue weighted by molar-refractivity contribution is 5.79. The summed E-state index contributed by atoms with van der Waals surface area (Å²) < 4.78 is 1.92. The predicted molar refractivity (Wildman–Crippen MR) is 123 cm³/mol. The van der Waals surface area contributed by atoms with Gasteiger partial charge in [-0.2, -0.15) is 5.10 Å². The molecule has 0 aliphatic carbocycles. The van der Waals surface area contributed by atoms with Gasteiger partial charge in [0.05, 0.1) is 31.5 Å². The quantitative estimate of drug-likeness (QED) is 0.305. The summed E-state index contributed by atoms with van der Waals surface area (Å²) in [6.45, 7) is 4.72. The van der Waals surface area contributed by atoms with Gasteiger partial charge in [0.2, 0.25) is 0 Å². The fourth-order valence-corrected chi connectivity index (χ4v) is 3.32. The van der Waals surface area contributed by atoms with E-state index in [9.17, 15) is 0 Å². The van der Waals surface area contributed by atoms with Crippen LogP contribution < -0.4 is 10.6 Å². The number of guanidine groups is 1. The molecule has 0 bridgehead atoms. The summed E-state index contributed by atoms with van der Waals surface area (Å²) in [5, 5.41) is 11.0. The molecule has 0 amide bonds. The van der Waals surface area contributed by atoms with E-state index in [2.05, 4.69) is 63.0 Å². The zero-order chi connectivity index (χ0) is 21.3. The molecule has 0 spiro atoms. The maximum absolute atomic E-state index is 4.78. The van der Waals surface area contributed by atoms with Crippen LogP contribution in [0.2, 0.25) is 0 Å². The molecule has 158 valence electrons. The maximum atomic E-state index is 4.78. The number of imidazole rings is 1. The summed E-state index contributed by atoms with van der Waals surface area (Å²) in [6.07, 6.45) is 5.63. The molecule has 7 nitrogen and oxygen atoms in total. The second kappa shape index (κ2) is 10.2. The fraction of sp³-hybridized carbons (Fsp3) is 0.208. The van der Waals surface area contributed by atoms with Gasteiger partial charge in [-0.25, -0.2) is 9.98 Å². The Bertz CT molecular complexity index is 1100. The van der Waals surface area contributed by atoms with E-state index in [1.54, 1.807) is 6.20 Å². The minimum atomic E-state index is 0.563. The van der Waals surface area contributed by atoms with Crippen LogP contribution in [0.3, 0.4) is 0 Å². The van der Waals surface area contributed by atoms with Crippen LogP contribution in [0.25, 0.3) is 11.3 Å². The number of hydrogen-bond donors (Lipinski definition) is 3. The van der Waals surface area contributed by atoms with Crippen molar-refractivity contribution < 1.29 is 0 Å². The predicted octanol–water partition coefficient (Wildman–Crippen LogP) is 3.58. The van der Waals surface area contributed by atoms with Gasteiger partial charge in [-0.05, 0) is 29.7 Å². The number of benzene rings is 2. The third kappa shape index (κ3) is 5.60. The molecule has 2 aromatic heterocycles. The SMILES string of the molecule is CCNC(=NCc1ccccc1Cn1cccn1)NCc1ncc(-c2ccccc2)[nH]1. The molecule has 0 aliphatic heterocycles. The molecule has 7 heteroatoms. The second-order valence-corrected chi connectivity index (χ2v) is 7.13. The van der Waals surface area contributed by atoms with Gasteiger partial charge in [0, 0.05) is 18.9 Å². The summed E-state index contributed by atoms with van der Waals surface area (Å²) in [4.78, 5) is 12.6. The number of aliphatic imine (C=N–C) groups is 1. The zero-order valence-corrected chi connectivity index (χ0v) is 17.6. The normalized spacial score (nSPS) is 11.5. The smallest absolute Gasteiger partial charge is 0.191 e. The lowest BCUT2D eigenvalue weighted by Gasteiger charge is -2.12. The van der Waals surface area contributed by atoms with Gasteiger partial charge in [-0.3, -0.25) is 4.68 Å². The summed E-state index contributed by atoms with van der Waals surface area (Å²) in [6, 6.07) is 20.5. The van der Waals surface area contributed by atoms with Crippen molar-refractivity contribution in [3.8, 4) is 11.3 Å². The Labute approximate surface area is 182 Å². The zero-order valence-electron chi connectivity index (χ0n) is 17.6. The average Bonchev–Trinajstić information content (AvgIpc) is 3.49. The molecule has 0 fully saturated rings. The van der Waals surface area contributed by atoms with E-state index in [1.165, 1.54) is 11.1 Å². The van der Waals surface area contributed by atoms with Crippen LogP contribution in [0.1, 0.15) is 23.9 Å². The molecule has 4 aromatic rings. The van der Waals surface area contributed by atoms with Gasteiger partial charge in [-0.15, -0.1) is 0 Å². The Morgan fingerprint density at radius 2 is 1.81 bits per heavy atom. The van der Waals surface area contributed by atoms with Gasteiger partial charge >= 0.3 is 0 Å². The van der Waals surface area contributed by atoms with Crippen molar-refractivity contribution in [3.63, 3.8) is 0 Å². The number of nitrogens with one attached hydrogen (secondary N) is 3. The molecule has 31 heavy (non-hydrogen) atoms. The Morgan fingerprint density at radius 1 is 1.00 bits per heavy atom. The van der Waals surface area contributed by atoms with Crippen molar-refractivity contribution in [2.45, 2.75) is 26.6 Å². The first-order valence-corrected chi connectivity index (χ1v) is 10.5. The van der Waals surface area contributed by atoms with Gasteiger partial charge in [0.1, 0.15) is 5.82 Å². The molecule has 0 aliphatic rings. The first-order chi connectivity index (χ1) is 15.3. The summed E-state index contributed by atoms with van der Waals surface area (Å²) in [5.74, 6) is 1.62. The van der Waals surface area contributed by atoms with Crippen molar-refractivity contribution in [1.82, 2.24) is 30.4 Å². The maximum Gasteiger partial charge on any atom is 0.191 e. The molecule has 0 radical (unpaired) electrons. The Morgan fingerprint density at radius 3 is 2.58 bits per heavy atom. The van der Waals surface area contributed by atoms with Crippen LogP contribution in [-0.4, -0.2) is 32.3 Å². The third-order valence-electron chi connectivity index (χ3n) is 4.90. The summed E-state index contributed by atoms with van der Waals surface area (Å²) in [5.41, 5.74) is 4.52. The van der Waals surface area contributed by atoms with Crippen LogP contribution >= 0.6 is 0 Å². The Balaban J connectivity index is 1.41. The topological polar surface area (TPSA) is 82.9 Å². The summed E-state index contributed by atoms with van der Waals surface area (Å²) >= 11 is 0. The first-order valence-electron chi connectivity index (χ1n) is 10.5.